The second kappa shape index (κ2) is 1.39. The van der Waals surface area contributed by atoms with Gasteiger partial charge in [-0.1, -0.05) is 6.92 Å². The molecule has 2 heteroatoms. The maximum absolute atomic E-state index is 10.7. The third-order valence-corrected chi connectivity index (χ3v) is 3.19. The standard InChI is InChI=1S/C8H12O2/c1-7-2-3-8(4-7,5-7)6(9)10/h2-5H2,1H3,(H,9,10). The molecule has 1 N–H and O–H groups in total. The Morgan fingerprint density at radius 1 is 1.40 bits per heavy atom. The fourth-order valence-electron chi connectivity index (χ4n) is 2.73. The number of hydrogen-bond donors (Lipinski definition) is 1. The monoisotopic (exact) mass is 140 g/mol. The Morgan fingerprint density at radius 2 is 2.00 bits per heavy atom. The summed E-state index contributed by atoms with van der Waals surface area (Å²) in [7, 11) is 0. The minimum absolute atomic E-state index is 0.283. The van der Waals surface area contributed by atoms with Gasteiger partial charge < -0.3 is 5.11 Å². The van der Waals surface area contributed by atoms with E-state index in [1.54, 1.807) is 0 Å². The summed E-state index contributed by atoms with van der Waals surface area (Å²) in [6, 6.07) is 0. The van der Waals surface area contributed by atoms with Gasteiger partial charge in [0, 0.05) is 0 Å². The Labute approximate surface area is 60.2 Å². The van der Waals surface area contributed by atoms with Crippen molar-refractivity contribution in [2.45, 2.75) is 32.6 Å². The number of carboxylic acids is 1. The van der Waals surface area contributed by atoms with Crippen molar-refractivity contribution in [1.82, 2.24) is 0 Å². The maximum Gasteiger partial charge on any atom is 0.309 e. The van der Waals surface area contributed by atoms with Gasteiger partial charge in [-0.3, -0.25) is 4.79 Å². The predicted octanol–water partition coefficient (Wildman–Crippen LogP) is 1.65. The van der Waals surface area contributed by atoms with Crippen LogP contribution in [0.25, 0.3) is 0 Å². The Balaban J connectivity index is 2.20. The topological polar surface area (TPSA) is 37.3 Å². The average Bonchev–Trinajstić information content (AvgIpc) is 2.19. The predicted molar refractivity (Wildman–Crippen MR) is 36.6 cm³/mol. The molecule has 0 saturated heterocycles. The van der Waals surface area contributed by atoms with E-state index in [4.69, 9.17) is 5.11 Å². The van der Waals surface area contributed by atoms with E-state index < -0.39 is 5.97 Å². The lowest BCUT2D eigenvalue weighted by atomic mass is 9.61. The van der Waals surface area contributed by atoms with Gasteiger partial charge >= 0.3 is 5.97 Å². The van der Waals surface area contributed by atoms with Crippen LogP contribution in [0.3, 0.4) is 0 Å². The van der Waals surface area contributed by atoms with Crippen LogP contribution in [0.4, 0.5) is 0 Å². The van der Waals surface area contributed by atoms with Crippen molar-refractivity contribution >= 4 is 5.97 Å². The van der Waals surface area contributed by atoms with Crippen LogP contribution in [0.2, 0.25) is 0 Å². The first-order chi connectivity index (χ1) is 4.56. The number of carbonyl (C=O) groups is 1. The molecule has 2 bridgehead atoms. The number of hydrogen-bond acceptors (Lipinski definition) is 1. The van der Waals surface area contributed by atoms with Gasteiger partial charge in [0.15, 0.2) is 0 Å². The summed E-state index contributed by atoms with van der Waals surface area (Å²) < 4.78 is 0. The number of rotatable bonds is 1. The highest BCUT2D eigenvalue weighted by Crippen LogP contribution is 2.66. The summed E-state index contributed by atoms with van der Waals surface area (Å²) in [4.78, 5) is 10.7. The Bertz CT molecular complexity index is 189. The van der Waals surface area contributed by atoms with E-state index in [0.29, 0.717) is 5.41 Å². The zero-order valence-electron chi connectivity index (χ0n) is 6.18. The molecule has 0 amide bonds. The average molecular weight is 140 g/mol. The maximum atomic E-state index is 10.7. The van der Waals surface area contributed by atoms with E-state index in [9.17, 15) is 4.79 Å². The second-order valence-corrected chi connectivity index (χ2v) is 4.25. The van der Waals surface area contributed by atoms with Gasteiger partial charge in [-0.2, -0.15) is 0 Å². The molecule has 3 rings (SSSR count). The Kier molecular flexibility index (Phi) is 0.859. The Morgan fingerprint density at radius 3 is 2.20 bits per heavy atom. The van der Waals surface area contributed by atoms with Crippen LogP contribution >= 0.6 is 0 Å². The molecule has 0 aliphatic heterocycles. The fourth-order valence-corrected chi connectivity index (χ4v) is 2.73. The summed E-state index contributed by atoms with van der Waals surface area (Å²) in [5.74, 6) is -0.567. The molecule has 0 aromatic heterocycles. The van der Waals surface area contributed by atoms with Crippen LogP contribution in [0.5, 0.6) is 0 Å². The second-order valence-electron chi connectivity index (χ2n) is 4.25. The molecule has 3 fully saturated rings. The van der Waals surface area contributed by atoms with E-state index in [1.165, 1.54) is 0 Å². The van der Waals surface area contributed by atoms with Crippen LogP contribution in [0.1, 0.15) is 32.6 Å². The summed E-state index contributed by atoms with van der Waals surface area (Å²) in [5.41, 5.74) is 0.118. The lowest BCUT2D eigenvalue weighted by Crippen LogP contribution is -2.41. The molecule has 0 radical (unpaired) electrons. The zero-order valence-corrected chi connectivity index (χ0v) is 6.18. The molecule has 2 nitrogen and oxygen atoms in total. The van der Waals surface area contributed by atoms with Gasteiger partial charge in [0.2, 0.25) is 0 Å². The summed E-state index contributed by atoms with van der Waals surface area (Å²) in [6.07, 6.45) is 3.89. The molecular weight excluding hydrogens is 128 g/mol. The first-order valence-electron chi connectivity index (χ1n) is 3.80. The van der Waals surface area contributed by atoms with Gasteiger partial charge in [0.05, 0.1) is 5.41 Å². The quantitative estimate of drug-likeness (QED) is 0.601. The van der Waals surface area contributed by atoms with E-state index >= 15 is 0 Å². The SMILES string of the molecule is CC12CCC(C(=O)O)(C1)C2. The van der Waals surface area contributed by atoms with E-state index in [-0.39, 0.29) is 5.41 Å². The number of aliphatic carboxylic acids is 1. The third-order valence-electron chi connectivity index (χ3n) is 3.19. The zero-order chi connectivity index (χ0) is 7.41. The minimum atomic E-state index is -0.567. The smallest absolute Gasteiger partial charge is 0.309 e. The molecule has 0 aromatic rings. The summed E-state index contributed by atoms with van der Waals surface area (Å²) in [6.45, 7) is 2.20. The van der Waals surface area contributed by atoms with Gasteiger partial charge in [-0.25, -0.2) is 0 Å². The largest absolute Gasteiger partial charge is 0.481 e. The van der Waals surface area contributed by atoms with Crippen molar-refractivity contribution in [2.24, 2.45) is 10.8 Å². The highest BCUT2D eigenvalue weighted by Gasteiger charge is 2.62. The van der Waals surface area contributed by atoms with Crippen LogP contribution in [0, 0.1) is 10.8 Å². The molecule has 0 heterocycles. The molecule has 56 valence electrons. The highest BCUT2D eigenvalue weighted by molar-refractivity contribution is 5.77. The van der Waals surface area contributed by atoms with Crippen molar-refractivity contribution in [3.8, 4) is 0 Å². The lowest BCUT2D eigenvalue weighted by molar-refractivity contribution is -0.156. The van der Waals surface area contributed by atoms with Crippen molar-refractivity contribution < 1.29 is 9.90 Å². The van der Waals surface area contributed by atoms with Gasteiger partial charge in [0.25, 0.3) is 0 Å². The molecule has 3 aliphatic carbocycles. The van der Waals surface area contributed by atoms with Crippen molar-refractivity contribution in [3.05, 3.63) is 0 Å². The Hall–Kier alpha value is -0.530. The van der Waals surface area contributed by atoms with Crippen LogP contribution in [-0.2, 0) is 4.79 Å². The number of fused-ring (bicyclic) bond motifs is 1. The van der Waals surface area contributed by atoms with Crippen molar-refractivity contribution in [3.63, 3.8) is 0 Å². The van der Waals surface area contributed by atoms with Gasteiger partial charge in [-0.05, 0) is 31.1 Å². The van der Waals surface area contributed by atoms with Crippen molar-refractivity contribution in [2.75, 3.05) is 0 Å². The normalized spacial score (nSPS) is 50.5. The molecule has 3 saturated carbocycles. The summed E-state index contributed by atoms with van der Waals surface area (Å²) >= 11 is 0. The van der Waals surface area contributed by atoms with Gasteiger partial charge in [0.1, 0.15) is 0 Å². The van der Waals surface area contributed by atoms with E-state index in [2.05, 4.69) is 6.92 Å². The van der Waals surface area contributed by atoms with Crippen LogP contribution < -0.4 is 0 Å². The molecule has 0 spiro atoms. The van der Waals surface area contributed by atoms with Crippen LogP contribution in [-0.4, -0.2) is 11.1 Å². The highest BCUT2D eigenvalue weighted by atomic mass is 16.4. The molecule has 0 aromatic carbocycles. The molecular formula is C8H12O2. The molecule has 3 aliphatic rings. The van der Waals surface area contributed by atoms with E-state index in [0.717, 1.165) is 25.7 Å². The molecule has 10 heavy (non-hydrogen) atoms. The molecule has 0 atom stereocenters. The first kappa shape index (κ1) is 6.20. The third kappa shape index (κ3) is 0.522. The van der Waals surface area contributed by atoms with Gasteiger partial charge in [-0.15, -0.1) is 0 Å². The summed E-state index contributed by atoms with van der Waals surface area (Å²) in [5, 5.41) is 8.82. The number of carboxylic acid groups (broad SMARTS) is 1. The minimum Gasteiger partial charge on any atom is -0.481 e. The fraction of sp³-hybridized carbons (Fsp3) is 0.875. The van der Waals surface area contributed by atoms with E-state index in [1.807, 2.05) is 0 Å². The molecule has 0 unspecified atom stereocenters. The van der Waals surface area contributed by atoms with Crippen molar-refractivity contribution in [1.29, 1.82) is 0 Å². The lowest BCUT2D eigenvalue weighted by Gasteiger charge is -2.42. The van der Waals surface area contributed by atoms with Crippen LogP contribution in [0.15, 0.2) is 0 Å². The first-order valence-corrected chi connectivity index (χ1v) is 3.80.